The molecular formula is C22H23NO4. The highest BCUT2D eigenvalue weighted by atomic mass is 16.5. The van der Waals surface area contributed by atoms with Gasteiger partial charge in [-0.25, -0.2) is 4.79 Å². The zero-order valence-electron chi connectivity index (χ0n) is 15.9. The second-order valence-corrected chi connectivity index (χ2v) is 6.88. The molecule has 0 radical (unpaired) electrons. The van der Waals surface area contributed by atoms with Crippen LogP contribution in [0.1, 0.15) is 29.2 Å². The third kappa shape index (κ3) is 3.19. The van der Waals surface area contributed by atoms with Gasteiger partial charge in [0.15, 0.2) is 0 Å². The van der Waals surface area contributed by atoms with Crippen molar-refractivity contribution in [2.45, 2.75) is 33.4 Å². The van der Waals surface area contributed by atoms with Crippen LogP contribution in [-0.4, -0.2) is 18.7 Å². The summed E-state index contributed by atoms with van der Waals surface area (Å²) in [5, 5.41) is 0.996. The maximum atomic E-state index is 11.9. The summed E-state index contributed by atoms with van der Waals surface area (Å²) in [4.78, 5) is 14.1. The van der Waals surface area contributed by atoms with Gasteiger partial charge in [0.05, 0.1) is 7.11 Å². The maximum Gasteiger partial charge on any atom is 0.336 e. The number of hydrogen-bond acceptors (Lipinski definition) is 5. The van der Waals surface area contributed by atoms with Gasteiger partial charge in [-0.05, 0) is 31.0 Å². The zero-order valence-corrected chi connectivity index (χ0v) is 15.9. The van der Waals surface area contributed by atoms with Gasteiger partial charge in [-0.3, -0.25) is 4.90 Å². The Hall–Kier alpha value is -2.79. The molecule has 140 valence electrons. The molecule has 0 amide bonds. The summed E-state index contributed by atoms with van der Waals surface area (Å²) in [5.41, 5.74) is 4.47. The average Bonchev–Trinajstić information content (AvgIpc) is 2.68. The van der Waals surface area contributed by atoms with Gasteiger partial charge < -0.3 is 13.9 Å². The Balaban J connectivity index is 1.71. The number of benzene rings is 2. The van der Waals surface area contributed by atoms with E-state index in [9.17, 15) is 4.79 Å². The highest BCUT2D eigenvalue weighted by Gasteiger charge is 2.23. The van der Waals surface area contributed by atoms with Crippen LogP contribution in [0.4, 0.5) is 0 Å². The van der Waals surface area contributed by atoms with Crippen molar-refractivity contribution in [1.82, 2.24) is 4.90 Å². The number of fused-ring (bicyclic) bond motifs is 2. The molecular weight excluding hydrogens is 342 g/mol. The number of ether oxygens (including phenoxy) is 2. The van der Waals surface area contributed by atoms with Crippen LogP contribution in [0.2, 0.25) is 0 Å². The summed E-state index contributed by atoms with van der Waals surface area (Å²) in [6.45, 7) is 6.00. The van der Waals surface area contributed by atoms with E-state index in [1.54, 1.807) is 13.2 Å². The van der Waals surface area contributed by atoms with Crippen molar-refractivity contribution in [3.05, 3.63) is 69.1 Å². The van der Waals surface area contributed by atoms with Gasteiger partial charge in [0, 0.05) is 41.2 Å². The van der Waals surface area contributed by atoms with Crippen LogP contribution in [0.25, 0.3) is 11.0 Å². The average molecular weight is 365 g/mol. The monoisotopic (exact) mass is 365 g/mol. The summed E-state index contributed by atoms with van der Waals surface area (Å²) >= 11 is 0. The molecule has 0 N–H and O–H groups in total. The van der Waals surface area contributed by atoms with Crippen molar-refractivity contribution in [3.8, 4) is 11.5 Å². The molecule has 0 unspecified atom stereocenters. The van der Waals surface area contributed by atoms with Crippen molar-refractivity contribution in [2.24, 2.45) is 0 Å². The van der Waals surface area contributed by atoms with Crippen LogP contribution >= 0.6 is 0 Å². The van der Waals surface area contributed by atoms with E-state index in [0.29, 0.717) is 12.3 Å². The van der Waals surface area contributed by atoms with Gasteiger partial charge in [0.2, 0.25) is 0 Å². The van der Waals surface area contributed by atoms with Crippen LogP contribution in [0.15, 0.2) is 45.6 Å². The Morgan fingerprint density at radius 3 is 2.78 bits per heavy atom. The number of hydrogen-bond donors (Lipinski definition) is 0. The number of para-hydroxylation sites is 1. The van der Waals surface area contributed by atoms with E-state index in [1.807, 2.05) is 32.0 Å². The van der Waals surface area contributed by atoms with E-state index in [2.05, 4.69) is 17.0 Å². The van der Waals surface area contributed by atoms with Gasteiger partial charge >= 0.3 is 5.63 Å². The van der Waals surface area contributed by atoms with Gasteiger partial charge in [-0.2, -0.15) is 0 Å². The van der Waals surface area contributed by atoms with Crippen LogP contribution < -0.4 is 15.1 Å². The molecule has 0 spiro atoms. The molecule has 2 heterocycles. The van der Waals surface area contributed by atoms with Crippen LogP contribution in [0, 0.1) is 6.92 Å². The Labute approximate surface area is 158 Å². The highest BCUT2D eigenvalue weighted by molar-refractivity contribution is 5.86. The fourth-order valence-corrected chi connectivity index (χ4v) is 3.80. The lowest BCUT2D eigenvalue weighted by atomic mass is 9.99. The molecule has 0 bridgehead atoms. The van der Waals surface area contributed by atoms with Crippen molar-refractivity contribution in [2.75, 3.05) is 13.8 Å². The molecule has 5 nitrogen and oxygen atoms in total. The first-order valence-corrected chi connectivity index (χ1v) is 9.17. The Morgan fingerprint density at radius 2 is 2.00 bits per heavy atom. The molecule has 0 fully saturated rings. The molecule has 5 heteroatoms. The standard InChI is InChI=1S/C22H23NO4/c1-4-15-10-20(24)27-22-14(2)21-17(9-18(15)22)12-23(13-26-21)11-16-7-5-6-8-19(16)25-3/h5-10H,4,11-13H2,1-3H3. The fraction of sp³-hybridized carbons (Fsp3) is 0.318. The highest BCUT2D eigenvalue weighted by Crippen LogP contribution is 2.36. The second-order valence-electron chi connectivity index (χ2n) is 6.88. The molecule has 1 aliphatic heterocycles. The van der Waals surface area contributed by atoms with Gasteiger partial charge in [-0.15, -0.1) is 0 Å². The Bertz CT molecular complexity index is 1050. The van der Waals surface area contributed by atoms with Gasteiger partial charge in [-0.1, -0.05) is 25.1 Å². The zero-order chi connectivity index (χ0) is 19.0. The first kappa shape index (κ1) is 17.6. The molecule has 0 saturated carbocycles. The summed E-state index contributed by atoms with van der Waals surface area (Å²) in [5.74, 6) is 1.71. The topological polar surface area (TPSA) is 51.9 Å². The Morgan fingerprint density at radius 1 is 1.19 bits per heavy atom. The molecule has 1 aliphatic rings. The van der Waals surface area contributed by atoms with E-state index in [1.165, 1.54) is 0 Å². The van der Waals surface area contributed by atoms with Crippen molar-refractivity contribution in [1.29, 1.82) is 0 Å². The molecule has 0 atom stereocenters. The molecule has 1 aromatic heterocycles. The maximum absolute atomic E-state index is 11.9. The molecule has 3 aromatic rings. The van der Waals surface area contributed by atoms with Crippen LogP contribution in [0.5, 0.6) is 11.5 Å². The minimum absolute atomic E-state index is 0.309. The molecule has 0 aliphatic carbocycles. The summed E-state index contributed by atoms with van der Waals surface area (Å²) < 4.78 is 17.0. The lowest BCUT2D eigenvalue weighted by Gasteiger charge is -2.30. The van der Waals surface area contributed by atoms with Gasteiger partial charge in [0.25, 0.3) is 0 Å². The first-order valence-electron chi connectivity index (χ1n) is 9.17. The summed E-state index contributed by atoms with van der Waals surface area (Å²) in [6, 6.07) is 11.7. The second kappa shape index (κ2) is 7.08. The lowest BCUT2D eigenvalue weighted by molar-refractivity contribution is 0.0874. The molecule has 2 aromatic carbocycles. The van der Waals surface area contributed by atoms with Gasteiger partial charge in [0.1, 0.15) is 23.8 Å². The quantitative estimate of drug-likeness (QED) is 0.654. The predicted octanol–water partition coefficient (Wildman–Crippen LogP) is 4.02. The molecule has 0 saturated heterocycles. The third-order valence-electron chi connectivity index (χ3n) is 5.13. The predicted molar refractivity (Wildman–Crippen MR) is 104 cm³/mol. The van der Waals surface area contributed by atoms with Crippen LogP contribution in [0.3, 0.4) is 0 Å². The number of aryl methyl sites for hydroxylation is 2. The summed E-state index contributed by atoms with van der Waals surface area (Å²) in [6.07, 6.45) is 0.784. The third-order valence-corrected chi connectivity index (χ3v) is 5.13. The largest absolute Gasteiger partial charge is 0.496 e. The first-order chi connectivity index (χ1) is 13.1. The number of methoxy groups -OCH3 is 1. The van der Waals surface area contributed by atoms with Crippen molar-refractivity contribution < 1.29 is 13.9 Å². The lowest BCUT2D eigenvalue weighted by Crippen LogP contribution is -2.32. The van der Waals surface area contributed by atoms with E-state index in [-0.39, 0.29) is 5.63 Å². The summed E-state index contributed by atoms with van der Waals surface area (Å²) in [7, 11) is 1.69. The minimum atomic E-state index is -0.309. The Kier molecular flexibility index (Phi) is 4.62. The van der Waals surface area contributed by atoms with Crippen molar-refractivity contribution >= 4 is 11.0 Å². The van der Waals surface area contributed by atoms with Crippen molar-refractivity contribution in [3.63, 3.8) is 0 Å². The van der Waals surface area contributed by atoms with E-state index < -0.39 is 0 Å². The normalized spacial score (nSPS) is 14.0. The van der Waals surface area contributed by atoms with E-state index >= 15 is 0 Å². The van der Waals surface area contributed by atoms with Crippen LogP contribution in [-0.2, 0) is 19.5 Å². The SMILES string of the molecule is CCc1cc(=O)oc2c(C)c3c(cc12)CN(Cc1ccccc1OC)CO3. The fourth-order valence-electron chi connectivity index (χ4n) is 3.80. The molecule has 4 rings (SSSR count). The number of nitrogens with zero attached hydrogens (tertiary/aromatic N) is 1. The van der Waals surface area contributed by atoms with E-state index in [0.717, 1.165) is 58.6 Å². The van der Waals surface area contributed by atoms with E-state index in [4.69, 9.17) is 13.9 Å². The number of rotatable bonds is 4. The molecule has 27 heavy (non-hydrogen) atoms. The smallest absolute Gasteiger partial charge is 0.336 e. The minimum Gasteiger partial charge on any atom is -0.496 e.